The molecule has 0 heterocycles. The van der Waals surface area contributed by atoms with E-state index in [0.717, 1.165) is 8.25 Å². The van der Waals surface area contributed by atoms with Crippen molar-refractivity contribution in [2.45, 2.75) is 81.0 Å². The van der Waals surface area contributed by atoms with Gasteiger partial charge in [-0.3, -0.25) is 0 Å². The zero-order chi connectivity index (χ0) is 55.1. The molecule has 10 nitrogen and oxygen atoms in total. The van der Waals surface area contributed by atoms with E-state index < -0.39 is 180 Å². The molecule has 0 saturated heterocycles. The van der Waals surface area contributed by atoms with Gasteiger partial charge < -0.3 is 8.25 Å². The Bertz CT molecular complexity index is 2420. The molecule has 2 aromatic rings. The van der Waals surface area contributed by atoms with E-state index in [1.54, 1.807) is 0 Å². The van der Waals surface area contributed by atoms with Crippen molar-refractivity contribution in [1.29, 1.82) is 0 Å². The number of halogens is 30. The van der Waals surface area contributed by atoms with E-state index in [0.29, 0.717) is 0 Å². The summed E-state index contributed by atoms with van der Waals surface area (Å²) in [6.45, 7) is 0. The van der Waals surface area contributed by atoms with Crippen LogP contribution in [0.4, 0.5) is 132 Å². The summed E-state index contributed by atoms with van der Waals surface area (Å²) in [6.07, 6.45) is -38.3. The van der Waals surface area contributed by atoms with Crippen molar-refractivity contribution in [3.8, 4) is 0 Å². The molecule has 2 aromatic carbocycles. The van der Waals surface area contributed by atoms with Gasteiger partial charge in [0, 0.05) is 0 Å². The molecule has 0 aromatic heterocycles. The zero-order valence-corrected chi connectivity index (χ0v) is 34.1. The van der Waals surface area contributed by atoms with Crippen LogP contribution in [-0.2, 0) is 81.9 Å². The Kier molecular flexibility index (Phi) is 17.6. The van der Waals surface area contributed by atoms with Gasteiger partial charge in [-0.2, -0.15) is 132 Å². The molecule has 0 saturated carbocycles. The van der Waals surface area contributed by atoms with Crippen molar-refractivity contribution in [2.75, 3.05) is 0 Å². The number of hydrogen-bond donors (Lipinski definition) is 0. The zero-order valence-electron chi connectivity index (χ0n) is 29.9. The Morgan fingerprint density at radius 2 is 0.464 bits per heavy atom. The predicted molar refractivity (Wildman–Crippen MR) is 154 cm³/mol. The first-order valence-corrected chi connectivity index (χ1v) is 20.3. The Balaban J connectivity index is 0.00000132. The van der Waals surface area contributed by atoms with Crippen LogP contribution in [-0.4, -0.2) is 80.2 Å². The first-order valence-electron chi connectivity index (χ1n) is 14.5. The van der Waals surface area contributed by atoms with Crippen LogP contribution >= 0.6 is 0 Å². The maximum atomic E-state index is 13.6. The van der Waals surface area contributed by atoms with Gasteiger partial charge in [0.05, 0.1) is 32.0 Å². The number of alkyl halides is 30. The monoisotopic (exact) mass is 1210 g/mol. The van der Waals surface area contributed by atoms with Crippen LogP contribution in [0.5, 0.6) is 0 Å². The molecule has 0 aliphatic heterocycles. The Morgan fingerprint density at radius 1 is 0.290 bits per heavy atom. The molecule has 405 valence electrons. The third-order valence-corrected chi connectivity index (χ3v) is 13.6. The molecule has 0 atom stereocenters. The fourth-order valence-electron chi connectivity index (χ4n) is 3.63. The maximum Gasteiger partial charge on any atom is 2.00 e. The van der Waals surface area contributed by atoms with Gasteiger partial charge in [-0.25, -0.2) is 33.7 Å². The van der Waals surface area contributed by atoms with Gasteiger partial charge in [0.15, 0.2) is 20.0 Å². The van der Waals surface area contributed by atoms with Crippen molar-refractivity contribution in [1.82, 2.24) is 0 Å². The van der Waals surface area contributed by atoms with Crippen LogP contribution < -0.4 is 0 Å². The topological polar surface area (TPSA) is 165 Å². The van der Waals surface area contributed by atoms with Crippen LogP contribution in [0.2, 0.25) is 0 Å². The Hall–Kier alpha value is -3.42. The SMILES string of the molecule is O=S(=O)([N-]S(=O)(=O)C(F)(F)C(F)(F)C(F)(F)C(F)(F)F)c1cc(C(F)(F)F)cc(C(F)(F)F)c1.O=S(=O)([N-]S(=O)(=O)C(F)(F)C(F)(F)C(F)(F)C(F)(F)F)c1cc(C(F)(F)F)cc(C(F)(F)F)c1.[Cu+2]. The Morgan fingerprint density at radius 3 is 0.609 bits per heavy atom. The average molecular weight is 1210 g/mol. The van der Waals surface area contributed by atoms with Gasteiger partial charge in [0.1, 0.15) is 20.0 Å². The molecule has 0 N–H and O–H groups in total. The van der Waals surface area contributed by atoms with E-state index in [1.165, 1.54) is 0 Å². The van der Waals surface area contributed by atoms with E-state index in [4.69, 9.17) is 0 Å². The molecule has 45 heteroatoms. The van der Waals surface area contributed by atoms with E-state index in [1.807, 2.05) is 0 Å². The van der Waals surface area contributed by atoms with Gasteiger partial charge in [0.2, 0.25) is 0 Å². The predicted octanol–water partition coefficient (Wildman–Crippen LogP) is 11.1. The molecule has 0 unspecified atom stereocenters. The van der Waals surface area contributed by atoms with E-state index in [-0.39, 0.29) is 17.1 Å². The summed E-state index contributed by atoms with van der Waals surface area (Å²) in [5.41, 5.74) is -10.0. The van der Waals surface area contributed by atoms with Gasteiger partial charge in [-0.05, 0) is 36.4 Å². The summed E-state index contributed by atoms with van der Waals surface area (Å²) in [7, 11) is -29.7. The normalized spacial score (nSPS) is 15.3. The van der Waals surface area contributed by atoms with Crippen LogP contribution in [0.3, 0.4) is 0 Å². The number of sulfonamides is 4. The maximum absolute atomic E-state index is 13.6. The average Bonchev–Trinajstić information content (AvgIpc) is 3.07. The van der Waals surface area contributed by atoms with Crippen LogP contribution in [0.25, 0.3) is 8.25 Å². The van der Waals surface area contributed by atoms with E-state index in [2.05, 4.69) is 0 Å². The molecule has 0 aliphatic rings. The molecule has 69 heavy (non-hydrogen) atoms. The third kappa shape index (κ3) is 12.8. The second-order valence-corrected chi connectivity index (χ2v) is 18.8. The quantitative estimate of drug-likeness (QED) is 0.150. The minimum atomic E-state index is -8.05. The number of rotatable bonds is 12. The van der Waals surface area contributed by atoms with Crippen molar-refractivity contribution in [3.63, 3.8) is 0 Å². The summed E-state index contributed by atoms with van der Waals surface area (Å²) in [5, 5.41) is -15.4. The second kappa shape index (κ2) is 18.6. The third-order valence-electron chi connectivity index (χ3n) is 6.99. The van der Waals surface area contributed by atoms with Gasteiger partial charge >= 0.3 is 88.3 Å². The molecular formula is C24H6CuF30N2O8S4. The summed E-state index contributed by atoms with van der Waals surface area (Å²) < 4.78 is 478. The number of nitrogens with zero attached hydrogens (tertiary/aromatic N) is 2. The fourth-order valence-corrected chi connectivity index (χ4v) is 9.15. The standard InChI is InChI=1S/2C12H3F15NO4S2.Cu/c2*13-7(14,15)4-1-5(8(16,17)18)3-6(2-4)33(29,30)28-34(31,32)12(26,27)10(21,22)9(19,20)11(23,24)25;/h2*1-3H;/q2*-1;+2. The van der Waals surface area contributed by atoms with Crippen molar-refractivity contribution in [2.24, 2.45) is 0 Å². The molecular weight excluding hydrogens is 1210 g/mol. The second-order valence-electron chi connectivity index (χ2n) is 11.9. The largest absolute Gasteiger partial charge is 2.00 e. The minimum Gasteiger partial charge on any atom is -0.426 e. The molecule has 0 spiro atoms. The van der Waals surface area contributed by atoms with Crippen LogP contribution in [0.15, 0.2) is 46.2 Å². The fraction of sp³-hybridized carbons (Fsp3) is 0.500. The van der Waals surface area contributed by atoms with Crippen molar-refractivity contribution in [3.05, 3.63) is 66.9 Å². The molecule has 1 radical (unpaired) electrons. The molecule has 2 rings (SSSR count). The first-order chi connectivity index (χ1) is 29.0. The summed E-state index contributed by atoms with van der Waals surface area (Å²) in [4.78, 5) is -5.03. The number of hydrogen-bond acceptors (Lipinski definition) is 8. The number of benzene rings is 2. The van der Waals surface area contributed by atoms with Crippen LogP contribution in [0.1, 0.15) is 22.3 Å². The van der Waals surface area contributed by atoms with E-state index >= 15 is 0 Å². The van der Waals surface area contributed by atoms with Crippen LogP contribution in [0, 0.1) is 0 Å². The van der Waals surface area contributed by atoms with Gasteiger partial charge in [-0.1, -0.05) is 0 Å². The molecule has 0 aliphatic carbocycles. The minimum absolute atomic E-state index is 0. The van der Waals surface area contributed by atoms with E-state index in [9.17, 15) is 165 Å². The summed E-state index contributed by atoms with van der Waals surface area (Å²) >= 11 is 0. The smallest absolute Gasteiger partial charge is 0.426 e. The molecule has 0 amide bonds. The van der Waals surface area contributed by atoms with Gasteiger partial charge in [0.25, 0.3) is 0 Å². The Labute approximate surface area is 370 Å². The summed E-state index contributed by atoms with van der Waals surface area (Å²) in [6, 6.07) is -4.82. The molecule has 0 fully saturated rings. The molecule has 0 bridgehead atoms. The van der Waals surface area contributed by atoms with Crippen molar-refractivity contribution < 1.29 is 182 Å². The summed E-state index contributed by atoms with van der Waals surface area (Å²) in [5.74, 6) is -31.6. The van der Waals surface area contributed by atoms with Crippen molar-refractivity contribution >= 4 is 40.1 Å². The van der Waals surface area contributed by atoms with Gasteiger partial charge in [-0.15, -0.1) is 0 Å². The first kappa shape index (κ1) is 65.6.